The minimum Gasteiger partial charge on any atom is -0.508 e. The zero-order valence-corrected chi connectivity index (χ0v) is 13.2. The molecule has 2 saturated carbocycles. The summed E-state index contributed by atoms with van der Waals surface area (Å²) in [6.45, 7) is 2.08. The van der Waals surface area contributed by atoms with Crippen molar-refractivity contribution in [3.63, 3.8) is 0 Å². The molecule has 0 bridgehead atoms. The lowest BCUT2D eigenvalue weighted by molar-refractivity contribution is -0.139. The van der Waals surface area contributed by atoms with E-state index in [1.807, 2.05) is 0 Å². The molecule has 0 radical (unpaired) electrons. The van der Waals surface area contributed by atoms with Gasteiger partial charge in [0.15, 0.2) is 0 Å². The number of halogens is 3. The van der Waals surface area contributed by atoms with Gasteiger partial charge in [-0.2, -0.15) is 13.2 Å². The van der Waals surface area contributed by atoms with Gasteiger partial charge in [-0.1, -0.05) is 19.4 Å². The Hall–Kier alpha value is -1.23. The zero-order valence-electron chi connectivity index (χ0n) is 13.2. The van der Waals surface area contributed by atoms with Gasteiger partial charge in [0, 0.05) is 0 Å². The lowest BCUT2D eigenvalue weighted by Gasteiger charge is -2.50. The Kier molecular flexibility index (Phi) is 4.11. The molecule has 0 heterocycles. The van der Waals surface area contributed by atoms with Crippen molar-refractivity contribution in [3.05, 3.63) is 29.3 Å². The van der Waals surface area contributed by atoms with E-state index in [4.69, 9.17) is 0 Å². The molecule has 0 unspecified atom stereocenters. The lowest BCUT2D eigenvalue weighted by atomic mass is 9.56. The summed E-state index contributed by atoms with van der Waals surface area (Å²) in [6.07, 6.45) is -0.00421. The van der Waals surface area contributed by atoms with E-state index < -0.39 is 11.7 Å². The lowest BCUT2D eigenvalue weighted by Crippen LogP contribution is -2.46. The van der Waals surface area contributed by atoms with Crippen LogP contribution in [0.15, 0.2) is 18.2 Å². The molecule has 2 N–H and O–H groups in total. The number of aromatic hydroxyl groups is 1. The summed E-state index contributed by atoms with van der Waals surface area (Å²) in [5.74, 6) is -0.245. The van der Waals surface area contributed by atoms with Crippen molar-refractivity contribution in [2.24, 2.45) is 11.3 Å². The molecule has 2 nitrogen and oxygen atoms in total. The molecule has 0 aromatic heterocycles. The molecule has 0 spiro atoms. The van der Waals surface area contributed by atoms with E-state index in [-0.39, 0.29) is 34.7 Å². The van der Waals surface area contributed by atoms with Crippen LogP contribution in [-0.2, 0) is 6.18 Å². The fraction of sp³-hybridized carbons (Fsp3) is 0.667. The Morgan fingerprint density at radius 2 is 1.91 bits per heavy atom. The number of phenols is 1. The highest BCUT2D eigenvalue weighted by Crippen LogP contribution is 2.55. The molecule has 128 valence electrons. The van der Waals surface area contributed by atoms with Crippen molar-refractivity contribution in [2.75, 3.05) is 0 Å². The van der Waals surface area contributed by atoms with Crippen LogP contribution in [0.3, 0.4) is 0 Å². The standard InChI is InChI=1S/C18H23F3O2/c1-17-8-7-11(9-12(17)3-2-4-16(17)23)14-6-5-13(22)10-15(14)18(19,20)21/h5-6,10-12,16,22-23H,2-4,7-9H2,1H3/t11-,12-,16-,17-/m0/s1. The first-order valence-corrected chi connectivity index (χ1v) is 8.30. The smallest absolute Gasteiger partial charge is 0.416 e. The van der Waals surface area contributed by atoms with Crippen molar-refractivity contribution in [1.82, 2.24) is 0 Å². The van der Waals surface area contributed by atoms with E-state index in [0.29, 0.717) is 12.8 Å². The summed E-state index contributed by atoms with van der Waals surface area (Å²) in [4.78, 5) is 0. The third kappa shape index (κ3) is 2.95. The first-order valence-electron chi connectivity index (χ1n) is 8.30. The number of fused-ring (bicyclic) bond motifs is 1. The van der Waals surface area contributed by atoms with Crippen LogP contribution in [0, 0.1) is 11.3 Å². The SMILES string of the molecule is C[C@]12CC[C@H](c3ccc(O)cc3C(F)(F)F)C[C@@H]1CCC[C@@H]2O. The fourth-order valence-electron chi connectivity index (χ4n) is 4.62. The van der Waals surface area contributed by atoms with Crippen LogP contribution >= 0.6 is 0 Å². The maximum absolute atomic E-state index is 13.3. The van der Waals surface area contributed by atoms with Gasteiger partial charge in [-0.3, -0.25) is 0 Å². The van der Waals surface area contributed by atoms with Gasteiger partial charge in [-0.25, -0.2) is 0 Å². The van der Waals surface area contributed by atoms with E-state index >= 15 is 0 Å². The highest BCUT2D eigenvalue weighted by atomic mass is 19.4. The summed E-state index contributed by atoms with van der Waals surface area (Å²) in [6, 6.07) is 3.59. The van der Waals surface area contributed by atoms with Crippen molar-refractivity contribution < 1.29 is 23.4 Å². The van der Waals surface area contributed by atoms with Gasteiger partial charge < -0.3 is 10.2 Å². The number of hydrogen-bond donors (Lipinski definition) is 2. The Balaban J connectivity index is 1.90. The van der Waals surface area contributed by atoms with E-state index in [1.54, 1.807) is 0 Å². The Labute approximate surface area is 134 Å². The first-order chi connectivity index (χ1) is 10.7. The largest absolute Gasteiger partial charge is 0.508 e. The van der Waals surface area contributed by atoms with Gasteiger partial charge in [0.2, 0.25) is 0 Å². The summed E-state index contributed by atoms with van der Waals surface area (Å²) < 4.78 is 39.9. The van der Waals surface area contributed by atoms with Gasteiger partial charge >= 0.3 is 6.18 Å². The number of alkyl halides is 3. The molecule has 4 atom stereocenters. The van der Waals surface area contributed by atoms with Crippen LogP contribution in [0.4, 0.5) is 13.2 Å². The molecule has 1 aromatic carbocycles. The summed E-state index contributed by atoms with van der Waals surface area (Å²) in [5.41, 5.74) is -0.593. The Morgan fingerprint density at radius 1 is 1.17 bits per heavy atom. The molecule has 2 aliphatic carbocycles. The second-order valence-electron chi connectivity index (χ2n) is 7.39. The summed E-state index contributed by atoms with van der Waals surface area (Å²) >= 11 is 0. The van der Waals surface area contributed by atoms with Gasteiger partial charge in [0.05, 0.1) is 11.7 Å². The minimum absolute atomic E-state index is 0.157. The summed E-state index contributed by atoms with van der Waals surface area (Å²) in [5, 5.41) is 19.8. The maximum atomic E-state index is 13.3. The van der Waals surface area contributed by atoms with Crippen molar-refractivity contribution in [3.8, 4) is 5.75 Å². The van der Waals surface area contributed by atoms with Gasteiger partial charge in [-0.15, -0.1) is 0 Å². The number of benzene rings is 1. The van der Waals surface area contributed by atoms with Crippen molar-refractivity contribution in [1.29, 1.82) is 0 Å². The first kappa shape index (κ1) is 16.6. The monoisotopic (exact) mass is 328 g/mol. The van der Waals surface area contributed by atoms with Crippen LogP contribution in [0.25, 0.3) is 0 Å². The van der Waals surface area contributed by atoms with E-state index in [0.717, 1.165) is 31.7 Å². The topological polar surface area (TPSA) is 40.5 Å². The van der Waals surface area contributed by atoms with Gasteiger partial charge in [0.25, 0.3) is 0 Å². The van der Waals surface area contributed by atoms with Crippen LogP contribution in [-0.4, -0.2) is 16.3 Å². The number of aliphatic hydroxyl groups excluding tert-OH is 1. The van der Waals surface area contributed by atoms with E-state index in [1.165, 1.54) is 12.1 Å². The van der Waals surface area contributed by atoms with Crippen LogP contribution in [0.2, 0.25) is 0 Å². The maximum Gasteiger partial charge on any atom is 0.416 e. The summed E-state index contributed by atoms with van der Waals surface area (Å²) in [7, 11) is 0. The molecular formula is C18H23F3O2. The van der Waals surface area contributed by atoms with E-state index in [2.05, 4.69) is 6.92 Å². The third-order valence-corrected chi connectivity index (χ3v) is 6.11. The Morgan fingerprint density at radius 3 is 2.61 bits per heavy atom. The van der Waals surface area contributed by atoms with Crippen LogP contribution in [0.5, 0.6) is 5.75 Å². The highest BCUT2D eigenvalue weighted by molar-refractivity contribution is 5.39. The zero-order chi connectivity index (χ0) is 16.8. The molecule has 23 heavy (non-hydrogen) atoms. The number of hydrogen-bond acceptors (Lipinski definition) is 2. The minimum atomic E-state index is -4.46. The molecule has 5 heteroatoms. The molecule has 1 aromatic rings. The molecule has 2 aliphatic rings. The van der Waals surface area contributed by atoms with Crippen molar-refractivity contribution in [2.45, 2.75) is 63.6 Å². The quantitative estimate of drug-likeness (QED) is 0.774. The molecule has 0 saturated heterocycles. The average molecular weight is 328 g/mol. The predicted octanol–water partition coefficient (Wildman–Crippen LogP) is 4.85. The van der Waals surface area contributed by atoms with Crippen LogP contribution in [0.1, 0.15) is 62.5 Å². The second-order valence-corrected chi connectivity index (χ2v) is 7.39. The number of rotatable bonds is 1. The molecular weight excluding hydrogens is 305 g/mol. The fourth-order valence-corrected chi connectivity index (χ4v) is 4.62. The molecule has 0 aliphatic heterocycles. The Bertz CT molecular complexity index is 584. The number of aliphatic hydroxyl groups is 1. The number of phenolic OH excluding ortho intramolecular Hbond substituents is 1. The molecule has 3 rings (SSSR count). The normalized spacial score (nSPS) is 34.9. The van der Waals surface area contributed by atoms with Crippen molar-refractivity contribution >= 4 is 0 Å². The third-order valence-electron chi connectivity index (χ3n) is 6.11. The predicted molar refractivity (Wildman–Crippen MR) is 81.2 cm³/mol. The second kappa shape index (κ2) is 5.69. The van der Waals surface area contributed by atoms with E-state index in [9.17, 15) is 23.4 Å². The van der Waals surface area contributed by atoms with Gasteiger partial charge in [-0.05, 0) is 67.1 Å². The highest BCUT2D eigenvalue weighted by Gasteiger charge is 2.47. The van der Waals surface area contributed by atoms with Crippen LogP contribution < -0.4 is 0 Å². The average Bonchev–Trinajstić information content (AvgIpc) is 2.47. The van der Waals surface area contributed by atoms with Gasteiger partial charge in [0.1, 0.15) is 5.75 Å². The molecule has 0 amide bonds. The molecule has 2 fully saturated rings.